The second kappa shape index (κ2) is 3.74. The van der Waals surface area contributed by atoms with Gasteiger partial charge in [0.1, 0.15) is 12.0 Å². The van der Waals surface area contributed by atoms with Crippen LogP contribution in [0.15, 0.2) is 41.6 Å². The van der Waals surface area contributed by atoms with E-state index in [-0.39, 0.29) is 5.69 Å². The molecule has 4 nitrogen and oxygen atoms in total. The highest BCUT2D eigenvalue weighted by Crippen LogP contribution is 2.14. The lowest BCUT2D eigenvalue weighted by Gasteiger charge is -2.05. The molecule has 0 radical (unpaired) electrons. The summed E-state index contributed by atoms with van der Waals surface area (Å²) in [6.07, 6.45) is 2.92. The van der Waals surface area contributed by atoms with Gasteiger partial charge >= 0.3 is 0 Å². The molecule has 2 aromatic rings. The minimum absolute atomic E-state index is 0.109. The number of nitrogens with two attached hydrogens (primary N) is 1. The number of nitrogen functional groups attached to an aromatic ring is 1. The molecular formula is C10H8ClN3O. The van der Waals surface area contributed by atoms with Gasteiger partial charge in [0.15, 0.2) is 0 Å². The van der Waals surface area contributed by atoms with Crippen molar-refractivity contribution >= 4 is 17.3 Å². The molecule has 2 N–H and O–H groups in total. The lowest BCUT2D eigenvalue weighted by Crippen LogP contribution is -2.14. The average Bonchev–Trinajstić information content (AvgIpc) is 2.22. The summed E-state index contributed by atoms with van der Waals surface area (Å²) in [5.74, 6) is 0. The molecule has 1 heterocycles. The van der Waals surface area contributed by atoms with Crippen LogP contribution in [0, 0.1) is 0 Å². The van der Waals surface area contributed by atoms with Crippen LogP contribution < -0.4 is 11.3 Å². The zero-order valence-electron chi connectivity index (χ0n) is 7.72. The van der Waals surface area contributed by atoms with E-state index in [9.17, 15) is 4.79 Å². The van der Waals surface area contributed by atoms with Crippen LogP contribution in [-0.4, -0.2) is 9.55 Å². The third-order valence-corrected chi connectivity index (χ3v) is 2.17. The van der Waals surface area contributed by atoms with Crippen LogP contribution in [0.5, 0.6) is 0 Å². The monoisotopic (exact) mass is 221 g/mol. The van der Waals surface area contributed by atoms with Crippen molar-refractivity contribution in [1.82, 2.24) is 9.55 Å². The minimum Gasteiger partial charge on any atom is -0.393 e. The Bertz CT molecular complexity index is 550. The van der Waals surface area contributed by atoms with Crippen molar-refractivity contribution in [2.45, 2.75) is 0 Å². The number of hydrogen-bond acceptors (Lipinski definition) is 3. The van der Waals surface area contributed by atoms with Gasteiger partial charge in [-0.2, -0.15) is 4.98 Å². The van der Waals surface area contributed by atoms with Gasteiger partial charge in [-0.25, -0.2) is 0 Å². The fourth-order valence-electron chi connectivity index (χ4n) is 1.21. The molecule has 1 aromatic heterocycles. The molecule has 1 aromatic carbocycles. The number of rotatable bonds is 1. The van der Waals surface area contributed by atoms with E-state index >= 15 is 0 Å². The largest absolute Gasteiger partial charge is 0.393 e. The van der Waals surface area contributed by atoms with Gasteiger partial charge in [-0.3, -0.25) is 4.79 Å². The molecule has 76 valence electrons. The van der Waals surface area contributed by atoms with E-state index in [4.69, 9.17) is 17.3 Å². The van der Waals surface area contributed by atoms with Gasteiger partial charge in [-0.05, 0) is 18.2 Å². The van der Waals surface area contributed by atoms with Crippen LogP contribution in [0.4, 0.5) is 5.69 Å². The number of aromatic nitrogens is 2. The van der Waals surface area contributed by atoms with E-state index in [1.54, 1.807) is 16.7 Å². The van der Waals surface area contributed by atoms with Crippen molar-refractivity contribution in [1.29, 1.82) is 0 Å². The first kappa shape index (κ1) is 9.73. The fraction of sp³-hybridized carbons (Fsp3) is 0. The van der Waals surface area contributed by atoms with Crippen LogP contribution in [0.25, 0.3) is 5.69 Å². The van der Waals surface area contributed by atoms with Crippen LogP contribution in [-0.2, 0) is 0 Å². The molecule has 0 unspecified atom stereocenters. The highest BCUT2D eigenvalue weighted by atomic mass is 35.5. The van der Waals surface area contributed by atoms with Crippen molar-refractivity contribution in [3.05, 3.63) is 52.2 Å². The third-order valence-electron chi connectivity index (χ3n) is 1.93. The van der Waals surface area contributed by atoms with Crippen LogP contribution >= 0.6 is 11.6 Å². The highest BCUT2D eigenvalue weighted by Gasteiger charge is 1.99. The van der Waals surface area contributed by atoms with Crippen molar-refractivity contribution < 1.29 is 0 Å². The number of anilines is 1. The van der Waals surface area contributed by atoms with Crippen LogP contribution in [0.2, 0.25) is 5.02 Å². The topological polar surface area (TPSA) is 60.9 Å². The number of benzene rings is 1. The maximum Gasteiger partial charge on any atom is 0.295 e. The van der Waals surface area contributed by atoms with E-state index < -0.39 is 5.56 Å². The van der Waals surface area contributed by atoms with Crippen molar-refractivity contribution in [3.63, 3.8) is 0 Å². The van der Waals surface area contributed by atoms with E-state index in [0.29, 0.717) is 5.02 Å². The molecule has 0 fully saturated rings. The lowest BCUT2D eigenvalue weighted by atomic mass is 10.3. The summed E-state index contributed by atoms with van der Waals surface area (Å²) < 4.78 is 1.64. The molecule has 0 atom stereocenters. The number of nitrogens with zero attached hydrogens (tertiary/aromatic N) is 2. The van der Waals surface area contributed by atoms with Gasteiger partial charge in [0.2, 0.25) is 0 Å². The molecule has 0 spiro atoms. The Kier molecular flexibility index (Phi) is 2.43. The second-order valence-electron chi connectivity index (χ2n) is 3.02. The second-order valence-corrected chi connectivity index (χ2v) is 3.46. The molecule has 0 saturated carbocycles. The predicted molar refractivity (Wildman–Crippen MR) is 59.3 cm³/mol. The average molecular weight is 222 g/mol. The van der Waals surface area contributed by atoms with Gasteiger partial charge in [0.25, 0.3) is 5.56 Å². The number of halogens is 1. The van der Waals surface area contributed by atoms with Crippen LogP contribution in [0.1, 0.15) is 0 Å². The Balaban J connectivity index is 2.55. The maximum atomic E-state index is 11.0. The Morgan fingerprint density at radius 2 is 2.20 bits per heavy atom. The highest BCUT2D eigenvalue weighted by molar-refractivity contribution is 6.30. The van der Waals surface area contributed by atoms with Gasteiger partial charge in [-0.1, -0.05) is 17.7 Å². The summed E-state index contributed by atoms with van der Waals surface area (Å²) in [5.41, 5.74) is 5.96. The van der Waals surface area contributed by atoms with E-state index in [1.807, 2.05) is 12.1 Å². The fourth-order valence-corrected chi connectivity index (χ4v) is 1.39. The summed E-state index contributed by atoms with van der Waals surface area (Å²) in [4.78, 5) is 14.6. The zero-order chi connectivity index (χ0) is 10.8. The normalized spacial score (nSPS) is 10.2. The minimum atomic E-state index is -0.423. The maximum absolute atomic E-state index is 11.0. The first-order valence-electron chi connectivity index (χ1n) is 4.26. The molecule has 0 saturated heterocycles. The Labute approximate surface area is 90.9 Å². The van der Waals surface area contributed by atoms with Crippen molar-refractivity contribution in [3.8, 4) is 5.69 Å². The standard InChI is InChI=1S/C10H8ClN3O/c11-7-2-1-3-8(4-7)14-5-9(12)10(15)13-6-14/h1-6H,12H2. The molecule has 5 heteroatoms. The first-order chi connectivity index (χ1) is 7.16. The molecule has 15 heavy (non-hydrogen) atoms. The molecule has 0 aliphatic carbocycles. The predicted octanol–water partition coefficient (Wildman–Crippen LogP) is 1.47. The zero-order valence-corrected chi connectivity index (χ0v) is 8.48. The molecule has 0 amide bonds. The summed E-state index contributed by atoms with van der Waals surface area (Å²) in [7, 11) is 0. The number of hydrogen-bond donors (Lipinski definition) is 1. The Hall–Kier alpha value is -1.81. The molecule has 0 aliphatic rings. The lowest BCUT2D eigenvalue weighted by molar-refractivity contribution is 0.967. The van der Waals surface area contributed by atoms with E-state index in [0.717, 1.165) is 5.69 Å². The van der Waals surface area contributed by atoms with Gasteiger partial charge in [0.05, 0.1) is 0 Å². The van der Waals surface area contributed by atoms with E-state index in [2.05, 4.69) is 4.98 Å². The summed E-state index contributed by atoms with van der Waals surface area (Å²) >= 11 is 5.84. The van der Waals surface area contributed by atoms with Crippen LogP contribution in [0.3, 0.4) is 0 Å². The Morgan fingerprint density at radius 1 is 1.40 bits per heavy atom. The van der Waals surface area contributed by atoms with Gasteiger partial charge < -0.3 is 10.3 Å². The quantitative estimate of drug-likeness (QED) is 0.793. The van der Waals surface area contributed by atoms with Crippen molar-refractivity contribution in [2.75, 3.05) is 5.73 Å². The summed E-state index contributed by atoms with van der Waals surface area (Å²) in [5, 5.41) is 0.616. The molecular weight excluding hydrogens is 214 g/mol. The SMILES string of the molecule is Nc1cn(-c2cccc(Cl)c2)cnc1=O. The van der Waals surface area contributed by atoms with E-state index in [1.165, 1.54) is 12.5 Å². The van der Waals surface area contributed by atoms with Crippen molar-refractivity contribution in [2.24, 2.45) is 0 Å². The summed E-state index contributed by atoms with van der Waals surface area (Å²) in [6.45, 7) is 0. The smallest absolute Gasteiger partial charge is 0.295 e. The van der Waals surface area contributed by atoms with Gasteiger partial charge in [0, 0.05) is 16.9 Å². The molecule has 0 bridgehead atoms. The first-order valence-corrected chi connectivity index (χ1v) is 4.64. The van der Waals surface area contributed by atoms with Gasteiger partial charge in [-0.15, -0.1) is 0 Å². The summed E-state index contributed by atoms with van der Waals surface area (Å²) in [6, 6.07) is 7.18. The third kappa shape index (κ3) is 1.99. The molecule has 0 aliphatic heterocycles. The molecule has 2 rings (SSSR count). The Morgan fingerprint density at radius 3 is 2.87 bits per heavy atom.